The Morgan fingerprint density at radius 3 is 2.40 bits per heavy atom. The summed E-state index contributed by atoms with van der Waals surface area (Å²) in [7, 11) is 2.23. The van der Waals surface area contributed by atoms with E-state index in [-0.39, 0.29) is 0 Å². The zero-order valence-corrected chi connectivity index (χ0v) is 15.1. The standard InChI is InChI=1S/C17H29BrN2/c1-6-19-17(15-9-7-8-10-16(15)18)11-12-20(5)14(4)13(2)3/h7-10,13-14,17,19H,6,11-12H2,1-5H3. The summed E-state index contributed by atoms with van der Waals surface area (Å²) in [5, 5.41) is 3.61. The van der Waals surface area contributed by atoms with Gasteiger partial charge in [-0.2, -0.15) is 0 Å². The van der Waals surface area contributed by atoms with E-state index in [1.165, 1.54) is 10.0 Å². The van der Waals surface area contributed by atoms with Crippen LogP contribution in [0.15, 0.2) is 28.7 Å². The highest BCUT2D eigenvalue weighted by Crippen LogP contribution is 2.26. The van der Waals surface area contributed by atoms with Gasteiger partial charge in [-0.15, -0.1) is 0 Å². The monoisotopic (exact) mass is 340 g/mol. The zero-order chi connectivity index (χ0) is 15.1. The van der Waals surface area contributed by atoms with Crippen LogP contribution in [0.4, 0.5) is 0 Å². The third-order valence-electron chi connectivity index (χ3n) is 4.16. The Labute approximate surface area is 133 Å². The maximum Gasteiger partial charge on any atom is 0.0343 e. The van der Waals surface area contributed by atoms with E-state index in [4.69, 9.17) is 0 Å². The van der Waals surface area contributed by atoms with Crippen LogP contribution < -0.4 is 5.32 Å². The highest BCUT2D eigenvalue weighted by atomic mass is 79.9. The van der Waals surface area contributed by atoms with E-state index in [2.05, 4.69) is 85.2 Å². The van der Waals surface area contributed by atoms with Gasteiger partial charge in [0, 0.05) is 16.6 Å². The lowest BCUT2D eigenvalue weighted by Gasteiger charge is -2.30. The second-order valence-electron chi connectivity index (χ2n) is 5.89. The molecule has 0 bridgehead atoms. The van der Waals surface area contributed by atoms with Crippen LogP contribution in [0.2, 0.25) is 0 Å². The van der Waals surface area contributed by atoms with Gasteiger partial charge >= 0.3 is 0 Å². The molecular formula is C17H29BrN2. The van der Waals surface area contributed by atoms with Crippen molar-refractivity contribution in [2.45, 2.75) is 46.2 Å². The second-order valence-corrected chi connectivity index (χ2v) is 6.74. The van der Waals surface area contributed by atoms with Crippen molar-refractivity contribution < 1.29 is 0 Å². The van der Waals surface area contributed by atoms with E-state index in [1.807, 2.05) is 0 Å². The predicted octanol–water partition coefficient (Wildman–Crippen LogP) is 4.47. The largest absolute Gasteiger partial charge is 0.310 e. The van der Waals surface area contributed by atoms with Crippen molar-refractivity contribution in [2.75, 3.05) is 20.1 Å². The summed E-state index contributed by atoms with van der Waals surface area (Å²) in [5.74, 6) is 0.695. The van der Waals surface area contributed by atoms with Crippen LogP contribution in [-0.4, -0.2) is 31.1 Å². The van der Waals surface area contributed by atoms with Crippen molar-refractivity contribution in [3.8, 4) is 0 Å². The molecule has 2 atom stereocenters. The third-order valence-corrected chi connectivity index (χ3v) is 4.88. The Balaban J connectivity index is 2.67. The number of nitrogens with one attached hydrogen (secondary N) is 1. The van der Waals surface area contributed by atoms with Crippen LogP contribution in [0.5, 0.6) is 0 Å². The molecule has 114 valence electrons. The number of hydrogen-bond acceptors (Lipinski definition) is 2. The van der Waals surface area contributed by atoms with E-state index in [0.29, 0.717) is 18.0 Å². The van der Waals surface area contributed by atoms with Crippen molar-refractivity contribution in [3.63, 3.8) is 0 Å². The van der Waals surface area contributed by atoms with E-state index < -0.39 is 0 Å². The van der Waals surface area contributed by atoms with Gasteiger partial charge in [0.1, 0.15) is 0 Å². The van der Waals surface area contributed by atoms with E-state index in [9.17, 15) is 0 Å². The number of nitrogens with zero attached hydrogens (tertiary/aromatic N) is 1. The molecular weight excluding hydrogens is 312 g/mol. The highest BCUT2D eigenvalue weighted by Gasteiger charge is 2.17. The molecule has 1 N–H and O–H groups in total. The topological polar surface area (TPSA) is 15.3 Å². The van der Waals surface area contributed by atoms with Crippen LogP contribution in [0.1, 0.15) is 45.7 Å². The molecule has 1 aromatic rings. The van der Waals surface area contributed by atoms with Crippen LogP contribution in [0, 0.1) is 5.92 Å². The number of hydrogen-bond donors (Lipinski definition) is 1. The average molecular weight is 341 g/mol. The molecule has 3 heteroatoms. The molecule has 0 heterocycles. The van der Waals surface area contributed by atoms with Crippen molar-refractivity contribution in [3.05, 3.63) is 34.3 Å². The molecule has 2 unspecified atom stereocenters. The maximum atomic E-state index is 3.67. The molecule has 20 heavy (non-hydrogen) atoms. The van der Waals surface area contributed by atoms with Gasteiger partial charge in [0.05, 0.1) is 0 Å². The van der Waals surface area contributed by atoms with Crippen molar-refractivity contribution in [1.82, 2.24) is 10.2 Å². The van der Waals surface area contributed by atoms with Gasteiger partial charge in [-0.1, -0.05) is 54.9 Å². The second kappa shape index (κ2) is 8.81. The third kappa shape index (κ3) is 5.19. The van der Waals surface area contributed by atoms with Crippen LogP contribution in [0.25, 0.3) is 0 Å². The summed E-state index contributed by atoms with van der Waals surface area (Å²) >= 11 is 3.67. The van der Waals surface area contributed by atoms with E-state index in [0.717, 1.165) is 19.5 Å². The first-order valence-corrected chi connectivity index (χ1v) is 8.44. The molecule has 1 aromatic carbocycles. The number of rotatable bonds is 8. The summed E-state index contributed by atoms with van der Waals surface area (Å²) in [6.07, 6.45) is 1.13. The lowest BCUT2D eigenvalue weighted by molar-refractivity contribution is 0.198. The number of halogens is 1. The van der Waals surface area contributed by atoms with Crippen molar-refractivity contribution >= 4 is 15.9 Å². The normalized spacial score (nSPS) is 14.8. The minimum atomic E-state index is 0.414. The molecule has 0 aromatic heterocycles. The smallest absolute Gasteiger partial charge is 0.0343 e. The van der Waals surface area contributed by atoms with Gasteiger partial charge < -0.3 is 10.2 Å². The molecule has 0 aliphatic rings. The minimum Gasteiger partial charge on any atom is -0.310 e. The summed E-state index contributed by atoms with van der Waals surface area (Å²) in [6, 6.07) is 9.56. The lowest BCUT2D eigenvalue weighted by Crippen LogP contribution is -2.36. The van der Waals surface area contributed by atoms with Gasteiger partial charge in [-0.3, -0.25) is 0 Å². The Hall–Kier alpha value is -0.380. The van der Waals surface area contributed by atoms with Crippen molar-refractivity contribution in [1.29, 1.82) is 0 Å². The Bertz CT molecular complexity index is 392. The quantitative estimate of drug-likeness (QED) is 0.751. The fourth-order valence-corrected chi connectivity index (χ4v) is 2.98. The first-order chi connectivity index (χ1) is 9.47. The summed E-state index contributed by atoms with van der Waals surface area (Å²) in [4.78, 5) is 2.46. The summed E-state index contributed by atoms with van der Waals surface area (Å²) < 4.78 is 1.20. The van der Waals surface area contributed by atoms with Crippen LogP contribution >= 0.6 is 15.9 Å². The first kappa shape index (κ1) is 17.7. The summed E-state index contributed by atoms with van der Waals surface area (Å²) in [6.45, 7) is 11.2. The fraction of sp³-hybridized carbons (Fsp3) is 0.647. The fourth-order valence-electron chi connectivity index (χ4n) is 2.42. The molecule has 1 rings (SSSR count). The SMILES string of the molecule is CCNC(CCN(C)C(C)C(C)C)c1ccccc1Br. The molecule has 0 amide bonds. The average Bonchev–Trinajstić information content (AvgIpc) is 2.43. The van der Waals surface area contributed by atoms with E-state index in [1.54, 1.807) is 0 Å². The Morgan fingerprint density at radius 2 is 1.85 bits per heavy atom. The van der Waals surface area contributed by atoms with Gasteiger partial charge in [0.2, 0.25) is 0 Å². The van der Waals surface area contributed by atoms with Gasteiger partial charge in [0.15, 0.2) is 0 Å². The van der Waals surface area contributed by atoms with Gasteiger partial charge in [-0.25, -0.2) is 0 Å². The summed E-state index contributed by atoms with van der Waals surface area (Å²) in [5.41, 5.74) is 1.36. The molecule has 0 radical (unpaired) electrons. The van der Waals surface area contributed by atoms with Gasteiger partial charge in [-0.05, 0) is 51.0 Å². The Morgan fingerprint density at radius 1 is 1.20 bits per heavy atom. The molecule has 0 spiro atoms. The first-order valence-electron chi connectivity index (χ1n) is 7.65. The molecule has 0 fully saturated rings. The lowest BCUT2D eigenvalue weighted by atomic mass is 10.0. The molecule has 2 nitrogen and oxygen atoms in total. The van der Waals surface area contributed by atoms with E-state index >= 15 is 0 Å². The van der Waals surface area contributed by atoms with Gasteiger partial charge in [0.25, 0.3) is 0 Å². The maximum absolute atomic E-state index is 3.67. The molecule has 0 aliphatic carbocycles. The van der Waals surface area contributed by atoms with Crippen LogP contribution in [-0.2, 0) is 0 Å². The predicted molar refractivity (Wildman–Crippen MR) is 92.1 cm³/mol. The molecule has 0 aliphatic heterocycles. The molecule has 0 saturated carbocycles. The van der Waals surface area contributed by atoms with Crippen molar-refractivity contribution in [2.24, 2.45) is 5.92 Å². The van der Waals surface area contributed by atoms with Crippen LogP contribution in [0.3, 0.4) is 0 Å². The highest BCUT2D eigenvalue weighted by molar-refractivity contribution is 9.10. The minimum absolute atomic E-state index is 0.414. The molecule has 0 saturated heterocycles. The Kier molecular flexibility index (Phi) is 7.78. The zero-order valence-electron chi connectivity index (χ0n) is 13.5. The number of benzene rings is 1.